The van der Waals surface area contributed by atoms with Gasteiger partial charge in [-0.2, -0.15) is 26.6 Å². The average Bonchev–Trinajstić information content (AvgIpc) is 2.98. The zero-order valence-electron chi connectivity index (χ0n) is 17.0. The minimum absolute atomic E-state index is 0.0846. The Labute approximate surface area is 183 Å². The molecule has 1 aromatic heterocycles. The van der Waals surface area contributed by atoms with E-state index in [4.69, 9.17) is 9.29 Å². The zero-order valence-corrected chi connectivity index (χ0v) is 18.6. The summed E-state index contributed by atoms with van der Waals surface area (Å²) in [6.07, 6.45) is 0. The Morgan fingerprint density at radius 2 is 1.59 bits per heavy atom. The number of rotatable bonds is 6. The third-order valence-electron chi connectivity index (χ3n) is 4.40. The van der Waals surface area contributed by atoms with Gasteiger partial charge in [-0.05, 0) is 49.7 Å². The van der Waals surface area contributed by atoms with Crippen molar-refractivity contribution in [2.24, 2.45) is 10.2 Å². The molecule has 0 aliphatic rings. The summed E-state index contributed by atoms with van der Waals surface area (Å²) in [5.41, 5.74) is 0.750. The second kappa shape index (κ2) is 8.31. The van der Waals surface area contributed by atoms with E-state index in [0.717, 1.165) is 22.9 Å². The van der Waals surface area contributed by atoms with E-state index in [9.17, 15) is 26.5 Å². The summed E-state index contributed by atoms with van der Waals surface area (Å²) < 4.78 is 70.5. The SMILES string of the molecule is COc1cc(S(=O)(=O)O)c(/N=N/c2c(C)nn(-c3ccc(S(=O)(=O)O)cc3)c2O)cc1C. The van der Waals surface area contributed by atoms with Gasteiger partial charge in [-0.3, -0.25) is 9.11 Å². The summed E-state index contributed by atoms with van der Waals surface area (Å²) >= 11 is 0. The molecule has 0 bridgehead atoms. The van der Waals surface area contributed by atoms with Gasteiger partial charge in [-0.15, -0.1) is 10.2 Å². The summed E-state index contributed by atoms with van der Waals surface area (Å²) in [4.78, 5) is -0.869. The molecule has 0 amide bonds. The van der Waals surface area contributed by atoms with Crippen LogP contribution in [0, 0.1) is 13.8 Å². The normalized spacial score (nSPS) is 12.4. The molecule has 12 nitrogen and oxygen atoms in total. The maximum Gasteiger partial charge on any atom is 0.296 e. The minimum atomic E-state index is -4.65. The standard InChI is InChI=1S/C18H18N4O8S2/c1-10-8-14(16(32(27,28)29)9-15(10)30-3)19-20-17-11(2)21-22(18(17)23)12-4-6-13(7-5-12)31(24,25)26/h4-9,23H,1-3H3,(H,24,25,26)(H,27,28,29)/b20-19+. The van der Waals surface area contributed by atoms with E-state index in [1.165, 1.54) is 32.2 Å². The average molecular weight is 482 g/mol. The predicted octanol–water partition coefficient (Wildman–Crippen LogP) is 3.11. The van der Waals surface area contributed by atoms with Crippen molar-refractivity contribution in [3.05, 3.63) is 47.7 Å². The van der Waals surface area contributed by atoms with Crippen LogP contribution in [-0.2, 0) is 20.2 Å². The van der Waals surface area contributed by atoms with Crippen LogP contribution < -0.4 is 4.74 Å². The first kappa shape index (κ1) is 23.3. The van der Waals surface area contributed by atoms with Crippen LogP contribution in [0.5, 0.6) is 11.6 Å². The first-order chi connectivity index (χ1) is 14.8. The third kappa shape index (κ3) is 4.62. The van der Waals surface area contributed by atoms with Gasteiger partial charge in [0, 0.05) is 6.07 Å². The molecule has 3 aromatic rings. The van der Waals surface area contributed by atoms with E-state index in [1.54, 1.807) is 6.92 Å². The monoisotopic (exact) mass is 482 g/mol. The zero-order chi connectivity index (χ0) is 23.8. The number of hydrogen-bond acceptors (Lipinski definition) is 9. The van der Waals surface area contributed by atoms with Crippen LogP contribution in [-0.4, -0.2) is 47.9 Å². The van der Waals surface area contributed by atoms with Gasteiger partial charge < -0.3 is 9.84 Å². The highest BCUT2D eigenvalue weighted by molar-refractivity contribution is 7.86. The molecule has 0 radical (unpaired) electrons. The molecule has 32 heavy (non-hydrogen) atoms. The fourth-order valence-corrected chi connectivity index (χ4v) is 3.93. The highest BCUT2D eigenvalue weighted by Crippen LogP contribution is 2.36. The van der Waals surface area contributed by atoms with Crippen LogP contribution in [0.2, 0.25) is 0 Å². The molecule has 0 fully saturated rings. The molecule has 14 heteroatoms. The third-order valence-corrected chi connectivity index (χ3v) is 6.15. The molecular formula is C18H18N4O8S2. The van der Waals surface area contributed by atoms with Crippen molar-refractivity contribution in [2.75, 3.05) is 7.11 Å². The van der Waals surface area contributed by atoms with Gasteiger partial charge in [0.15, 0.2) is 5.69 Å². The molecular weight excluding hydrogens is 464 g/mol. The van der Waals surface area contributed by atoms with Crippen LogP contribution >= 0.6 is 0 Å². The number of benzene rings is 2. The largest absolute Gasteiger partial charge is 0.496 e. The van der Waals surface area contributed by atoms with E-state index in [2.05, 4.69) is 15.3 Å². The van der Waals surface area contributed by atoms with Gasteiger partial charge >= 0.3 is 0 Å². The quantitative estimate of drug-likeness (QED) is 0.351. The topological polar surface area (TPSA) is 181 Å². The Balaban J connectivity index is 2.05. The maximum absolute atomic E-state index is 11.7. The lowest BCUT2D eigenvalue weighted by atomic mass is 10.2. The van der Waals surface area contributed by atoms with Gasteiger partial charge in [-0.25, -0.2) is 0 Å². The van der Waals surface area contributed by atoms with Crippen molar-refractivity contribution in [2.45, 2.75) is 23.6 Å². The highest BCUT2D eigenvalue weighted by atomic mass is 32.2. The first-order valence-electron chi connectivity index (χ1n) is 8.77. The molecule has 3 N–H and O–H groups in total. The van der Waals surface area contributed by atoms with Gasteiger partial charge in [0.1, 0.15) is 16.3 Å². The molecule has 0 unspecified atom stereocenters. The molecule has 0 spiro atoms. The Hall–Kier alpha value is -3.33. The molecule has 2 aromatic carbocycles. The van der Waals surface area contributed by atoms with Crippen LogP contribution in [0.4, 0.5) is 11.4 Å². The van der Waals surface area contributed by atoms with Gasteiger partial charge in [0.05, 0.1) is 23.4 Å². The number of aromatic hydroxyl groups is 1. The number of azo groups is 1. The summed E-state index contributed by atoms with van der Waals surface area (Å²) in [6.45, 7) is 3.16. The van der Waals surface area contributed by atoms with Crippen molar-refractivity contribution < 1.29 is 35.8 Å². The summed E-state index contributed by atoms with van der Waals surface area (Å²) in [7, 11) is -7.69. The lowest BCUT2D eigenvalue weighted by Crippen LogP contribution is -2.00. The number of aryl methyl sites for hydroxylation is 2. The number of nitrogens with zero attached hydrogens (tertiary/aromatic N) is 4. The van der Waals surface area contributed by atoms with Crippen molar-refractivity contribution in [3.8, 4) is 17.3 Å². The number of methoxy groups -OCH3 is 1. The fourth-order valence-electron chi connectivity index (χ4n) is 2.83. The van der Waals surface area contributed by atoms with E-state index < -0.39 is 31.0 Å². The summed E-state index contributed by atoms with van der Waals surface area (Å²) in [5, 5.41) is 22.4. The van der Waals surface area contributed by atoms with Crippen molar-refractivity contribution in [1.82, 2.24) is 9.78 Å². The Kier molecular flexibility index (Phi) is 6.06. The number of hydrogen-bond donors (Lipinski definition) is 3. The first-order valence-corrected chi connectivity index (χ1v) is 11.7. The van der Waals surface area contributed by atoms with E-state index >= 15 is 0 Å². The summed E-state index contributed by atoms with van der Waals surface area (Å²) in [5.74, 6) is -0.235. The molecule has 0 aliphatic carbocycles. The van der Waals surface area contributed by atoms with Crippen molar-refractivity contribution in [1.29, 1.82) is 0 Å². The summed E-state index contributed by atoms with van der Waals surface area (Å²) in [6, 6.07) is 7.31. The van der Waals surface area contributed by atoms with Crippen LogP contribution in [0.1, 0.15) is 11.3 Å². The fraction of sp³-hybridized carbons (Fsp3) is 0.167. The van der Waals surface area contributed by atoms with E-state index in [0.29, 0.717) is 5.56 Å². The Bertz CT molecular complexity index is 1430. The van der Waals surface area contributed by atoms with Crippen molar-refractivity contribution >= 4 is 31.6 Å². The maximum atomic E-state index is 11.7. The lowest BCUT2D eigenvalue weighted by Gasteiger charge is -2.08. The molecule has 0 saturated heterocycles. The molecule has 170 valence electrons. The smallest absolute Gasteiger partial charge is 0.296 e. The number of aromatic nitrogens is 2. The Morgan fingerprint density at radius 1 is 0.969 bits per heavy atom. The van der Waals surface area contributed by atoms with Crippen LogP contribution in [0.3, 0.4) is 0 Å². The molecule has 0 atom stereocenters. The van der Waals surface area contributed by atoms with Crippen LogP contribution in [0.15, 0.2) is 56.4 Å². The van der Waals surface area contributed by atoms with Crippen LogP contribution in [0.25, 0.3) is 5.69 Å². The van der Waals surface area contributed by atoms with Gasteiger partial charge in [0.25, 0.3) is 20.2 Å². The molecule has 1 heterocycles. The van der Waals surface area contributed by atoms with E-state index in [-0.39, 0.29) is 33.4 Å². The van der Waals surface area contributed by atoms with Gasteiger partial charge in [-0.1, -0.05) is 0 Å². The highest BCUT2D eigenvalue weighted by Gasteiger charge is 2.20. The second-order valence-electron chi connectivity index (χ2n) is 6.60. The molecule has 0 aliphatic heterocycles. The van der Waals surface area contributed by atoms with Crippen molar-refractivity contribution in [3.63, 3.8) is 0 Å². The Morgan fingerprint density at radius 3 is 2.12 bits per heavy atom. The predicted molar refractivity (Wildman–Crippen MR) is 112 cm³/mol. The molecule has 0 saturated carbocycles. The second-order valence-corrected chi connectivity index (χ2v) is 9.41. The molecule has 3 rings (SSSR count). The lowest BCUT2D eigenvalue weighted by molar-refractivity contribution is 0.409. The van der Waals surface area contributed by atoms with Gasteiger partial charge in [0.2, 0.25) is 5.88 Å². The van der Waals surface area contributed by atoms with E-state index in [1.807, 2.05) is 0 Å². The minimum Gasteiger partial charge on any atom is -0.496 e. The number of ether oxygens (including phenoxy) is 1.